The highest BCUT2D eigenvalue weighted by Gasteiger charge is 2.17. The minimum Gasteiger partial charge on any atom is -0.481 e. The van der Waals surface area contributed by atoms with Crippen molar-refractivity contribution in [3.05, 3.63) is 0 Å². The van der Waals surface area contributed by atoms with Gasteiger partial charge in [-0.15, -0.1) is 0 Å². The van der Waals surface area contributed by atoms with E-state index in [1.807, 2.05) is 6.26 Å². The molecule has 0 aromatic heterocycles. The highest BCUT2D eigenvalue weighted by molar-refractivity contribution is 7.98. The van der Waals surface area contributed by atoms with Crippen LogP contribution in [0.15, 0.2) is 0 Å². The van der Waals surface area contributed by atoms with Crippen LogP contribution < -0.4 is 5.73 Å². The van der Waals surface area contributed by atoms with Gasteiger partial charge in [0.05, 0.1) is 12.5 Å². The third kappa shape index (κ3) is 5.08. The molecule has 0 fully saturated rings. The number of carboxylic acid groups (broad SMARTS) is 1. The van der Waals surface area contributed by atoms with Gasteiger partial charge in [0.1, 0.15) is 0 Å². The molecule has 0 bridgehead atoms. The quantitative estimate of drug-likeness (QED) is 0.637. The first-order chi connectivity index (χ1) is 6.49. The number of rotatable bonds is 6. The van der Waals surface area contributed by atoms with Crippen molar-refractivity contribution in [2.24, 2.45) is 5.73 Å². The van der Waals surface area contributed by atoms with E-state index in [2.05, 4.69) is 0 Å². The Morgan fingerprint density at radius 2 is 2.14 bits per heavy atom. The van der Waals surface area contributed by atoms with Crippen LogP contribution in [0.2, 0.25) is 0 Å². The van der Waals surface area contributed by atoms with E-state index in [1.165, 1.54) is 16.7 Å². The third-order valence-corrected chi connectivity index (χ3v) is 2.39. The van der Waals surface area contributed by atoms with E-state index in [9.17, 15) is 9.59 Å². The molecule has 0 aliphatic heterocycles. The standard InChI is InChI=1S/C8H16N2O3S/c1-10(4-3-7(11)12)8(13)6(9)5-14-2/h6H,3-5,9H2,1-2H3,(H,11,12). The van der Waals surface area contributed by atoms with Crippen LogP contribution >= 0.6 is 11.8 Å². The lowest BCUT2D eigenvalue weighted by molar-refractivity contribution is -0.138. The van der Waals surface area contributed by atoms with Crippen LogP contribution in [-0.4, -0.2) is 53.5 Å². The zero-order valence-corrected chi connectivity index (χ0v) is 9.21. The summed E-state index contributed by atoms with van der Waals surface area (Å²) in [5, 5.41) is 8.41. The van der Waals surface area contributed by atoms with Gasteiger partial charge in [-0.3, -0.25) is 9.59 Å². The maximum Gasteiger partial charge on any atom is 0.305 e. The Bertz CT molecular complexity index is 211. The fourth-order valence-corrected chi connectivity index (χ4v) is 1.41. The van der Waals surface area contributed by atoms with E-state index in [-0.39, 0.29) is 18.9 Å². The summed E-state index contributed by atoms with van der Waals surface area (Å²) in [5.74, 6) is -0.570. The zero-order chi connectivity index (χ0) is 11.1. The van der Waals surface area contributed by atoms with E-state index in [0.29, 0.717) is 5.75 Å². The number of hydrogen-bond donors (Lipinski definition) is 2. The van der Waals surface area contributed by atoms with Gasteiger partial charge in [0.25, 0.3) is 0 Å². The predicted octanol–water partition coefficient (Wildman–Crippen LogP) is -0.390. The van der Waals surface area contributed by atoms with Crippen molar-refractivity contribution >= 4 is 23.6 Å². The number of aliphatic carboxylic acids is 1. The first kappa shape index (κ1) is 13.2. The van der Waals surface area contributed by atoms with Crippen molar-refractivity contribution in [2.45, 2.75) is 12.5 Å². The highest BCUT2D eigenvalue weighted by atomic mass is 32.2. The fraction of sp³-hybridized carbons (Fsp3) is 0.750. The van der Waals surface area contributed by atoms with Crippen LogP contribution in [0, 0.1) is 0 Å². The number of nitrogens with zero attached hydrogens (tertiary/aromatic N) is 1. The summed E-state index contributed by atoms with van der Waals surface area (Å²) in [6.07, 6.45) is 1.82. The number of carbonyl (C=O) groups excluding carboxylic acids is 1. The largest absolute Gasteiger partial charge is 0.481 e. The molecule has 3 N–H and O–H groups in total. The van der Waals surface area contributed by atoms with Crippen LogP contribution in [0.25, 0.3) is 0 Å². The van der Waals surface area contributed by atoms with Crippen molar-refractivity contribution in [1.82, 2.24) is 4.90 Å². The van der Waals surface area contributed by atoms with Crippen molar-refractivity contribution in [1.29, 1.82) is 0 Å². The molecule has 0 radical (unpaired) electrons. The topological polar surface area (TPSA) is 83.6 Å². The average molecular weight is 220 g/mol. The molecule has 0 aliphatic carbocycles. The fourth-order valence-electron chi connectivity index (χ4n) is 0.907. The van der Waals surface area contributed by atoms with Gasteiger partial charge in [-0.05, 0) is 6.26 Å². The number of thioether (sulfide) groups is 1. The van der Waals surface area contributed by atoms with Gasteiger partial charge in [0, 0.05) is 19.3 Å². The Kier molecular flexibility index (Phi) is 6.31. The monoisotopic (exact) mass is 220 g/mol. The molecule has 0 spiro atoms. The molecule has 14 heavy (non-hydrogen) atoms. The lowest BCUT2D eigenvalue weighted by Crippen LogP contribution is -2.43. The molecule has 82 valence electrons. The smallest absolute Gasteiger partial charge is 0.305 e. The Balaban J connectivity index is 3.91. The molecule has 0 rings (SSSR count). The molecule has 0 aliphatic rings. The maximum atomic E-state index is 11.4. The molecule has 1 atom stereocenters. The third-order valence-electron chi connectivity index (χ3n) is 1.70. The molecule has 1 unspecified atom stereocenters. The number of amides is 1. The zero-order valence-electron chi connectivity index (χ0n) is 8.40. The number of likely N-dealkylation sites (N-methyl/N-ethyl adjacent to an activating group) is 1. The van der Waals surface area contributed by atoms with Crippen LogP contribution in [0.5, 0.6) is 0 Å². The molecule has 0 saturated carbocycles. The van der Waals surface area contributed by atoms with Crippen molar-refractivity contribution in [3.8, 4) is 0 Å². The average Bonchev–Trinajstić information content (AvgIpc) is 2.13. The van der Waals surface area contributed by atoms with Gasteiger partial charge in [-0.1, -0.05) is 0 Å². The lowest BCUT2D eigenvalue weighted by Gasteiger charge is -2.19. The summed E-state index contributed by atoms with van der Waals surface area (Å²) >= 11 is 1.49. The Morgan fingerprint density at radius 1 is 1.57 bits per heavy atom. The number of carboxylic acids is 1. The Labute approximate surface area is 87.6 Å². The van der Waals surface area contributed by atoms with Crippen LogP contribution in [0.4, 0.5) is 0 Å². The number of nitrogens with two attached hydrogens (primary N) is 1. The van der Waals surface area contributed by atoms with Crippen molar-refractivity contribution in [3.63, 3.8) is 0 Å². The van der Waals surface area contributed by atoms with E-state index >= 15 is 0 Å². The van der Waals surface area contributed by atoms with Gasteiger partial charge in [0.15, 0.2) is 0 Å². The highest BCUT2D eigenvalue weighted by Crippen LogP contribution is 1.99. The molecule has 0 heterocycles. The van der Waals surface area contributed by atoms with Crippen LogP contribution in [0.1, 0.15) is 6.42 Å². The second-order valence-electron chi connectivity index (χ2n) is 2.97. The first-order valence-electron chi connectivity index (χ1n) is 4.20. The van der Waals surface area contributed by atoms with Gasteiger partial charge in [-0.25, -0.2) is 0 Å². The summed E-state index contributed by atoms with van der Waals surface area (Å²) in [5.41, 5.74) is 5.58. The Hall–Kier alpha value is -0.750. The number of carbonyl (C=O) groups is 2. The summed E-state index contributed by atoms with van der Waals surface area (Å²) in [6, 6.07) is -0.538. The summed E-state index contributed by atoms with van der Waals surface area (Å²) in [7, 11) is 1.56. The summed E-state index contributed by atoms with van der Waals surface area (Å²) < 4.78 is 0. The van der Waals surface area contributed by atoms with Gasteiger partial charge in [0.2, 0.25) is 5.91 Å². The van der Waals surface area contributed by atoms with Crippen LogP contribution in [-0.2, 0) is 9.59 Å². The molecule has 0 aromatic rings. The molecule has 0 aromatic carbocycles. The van der Waals surface area contributed by atoms with E-state index < -0.39 is 12.0 Å². The lowest BCUT2D eigenvalue weighted by atomic mass is 10.3. The molecule has 1 amide bonds. The van der Waals surface area contributed by atoms with E-state index in [0.717, 1.165) is 0 Å². The van der Waals surface area contributed by atoms with Gasteiger partial charge >= 0.3 is 5.97 Å². The minimum absolute atomic E-state index is 0.0474. The SMILES string of the molecule is CSCC(N)C(=O)N(C)CCC(=O)O. The normalized spacial score (nSPS) is 12.2. The first-order valence-corrected chi connectivity index (χ1v) is 5.59. The number of hydrogen-bond acceptors (Lipinski definition) is 4. The van der Waals surface area contributed by atoms with E-state index in [4.69, 9.17) is 10.8 Å². The Morgan fingerprint density at radius 3 is 2.57 bits per heavy atom. The minimum atomic E-state index is -0.914. The summed E-state index contributed by atoms with van der Waals surface area (Å²) in [4.78, 5) is 23.0. The van der Waals surface area contributed by atoms with Gasteiger partial charge in [-0.2, -0.15) is 11.8 Å². The van der Waals surface area contributed by atoms with Crippen molar-refractivity contribution in [2.75, 3.05) is 25.6 Å². The second kappa shape index (κ2) is 6.67. The predicted molar refractivity (Wildman–Crippen MR) is 56.2 cm³/mol. The van der Waals surface area contributed by atoms with Crippen LogP contribution in [0.3, 0.4) is 0 Å². The summed E-state index contributed by atoms with van der Waals surface area (Å²) in [6.45, 7) is 0.205. The second-order valence-corrected chi connectivity index (χ2v) is 3.88. The van der Waals surface area contributed by atoms with E-state index in [1.54, 1.807) is 7.05 Å². The molecule has 5 nitrogen and oxygen atoms in total. The van der Waals surface area contributed by atoms with Gasteiger partial charge < -0.3 is 15.7 Å². The molecule has 0 saturated heterocycles. The molecule has 6 heteroatoms. The molecular weight excluding hydrogens is 204 g/mol. The van der Waals surface area contributed by atoms with Crippen molar-refractivity contribution < 1.29 is 14.7 Å². The maximum absolute atomic E-state index is 11.4. The molecular formula is C8H16N2O3S.